The van der Waals surface area contributed by atoms with Gasteiger partial charge < -0.3 is 14.6 Å². The molecule has 0 radical (unpaired) electrons. The molecule has 2 saturated heterocycles. The van der Waals surface area contributed by atoms with Crippen LogP contribution in [-0.2, 0) is 17.8 Å². The lowest BCUT2D eigenvalue weighted by atomic mass is 9.85. The van der Waals surface area contributed by atoms with Crippen LogP contribution < -0.4 is 0 Å². The average Bonchev–Trinajstić information content (AvgIpc) is 3.30. The van der Waals surface area contributed by atoms with E-state index in [9.17, 15) is 9.90 Å². The number of carbonyl (C=O) groups is 1. The normalized spacial score (nSPS) is 26.4. The average molecular weight is 411 g/mol. The zero-order valence-electron chi connectivity index (χ0n) is 16.8. The fourth-order valence-corrected chi connectivity index (χ4v) is 6.24. The number of nitrogens with zero attached hydrogens (tertiary/aromatic N) is 4. The number of aromatic nitrogens is 3. The van der Waals surface area contributed by atoms with Crippen LogP contribution in [0.4, 0.5) is 0 Å². The molecule has 2 unspecified atom stereocenters. The van der Waals surface area contributed by atoms with Crippen molar-refractivity contribution >= 4 is 28.1 Å². The van der Waals surface area contributed by atoms with Crippen LogP contribution in [0.3, 0.4) is 0 Å². The van der Waals surface area contributed by atoms with Gasteiger partial charge in [0.25, 0.3) is 0 Å². The molecule has 5 heterocycles. The van der Waals surface area contributed by atoms with Gasteiger partial charge in [0, 0.05) is 34.7 Å². The largest absolute Gasteiger partial charge is 0.388 e. The molecule has 29 heavy (non-hydrogen) atoms. The molecular weight excluding hydrogens is 384 g/mol. The summed E-state index contributed by atoms with van der Waals surface area (Å²) in [6.07, 6.45) is 9.32. The Morgan fingerprint density at radius 1 is 1.28 bits per heavy atom. The number of amides is 1. The molecule has 1 amide bonds. The highest BCUT2D eigenvalue weighted by atomic mass is 32.1. The Morgan fingerprint density at radius 2 is 2.03 bits per heavy atom. The molecule has 2 fully saturated rings. The monoisotopic (exact) mass is 410 g/mol. The Balaban J connectivity index is 1.32. The maximum atomic E-state index is 13.1. The molecule has 7 heteroatoms. The number of thiazole rings is 1. The van der Waals surface area contributed by atoms with Crippen molar-refractivity contribution in [1.29, 1.82) is 0 Å². The van der Waals surface area contributed by atoms with Gasteiger partial charge in [-0.3, -0.25) is 9.78 Å². The number of pyridine rings is 1. The first-order valence-electron chi connectivity index (χ1n) is 10.3. The molecule has 3 aromatic rings. The fraction of sp³-hybridized carbons (Fsp3) is 0.500. The van der Waals surface area contributed by atoms with Gasteiger partial charge in [-0.2, -0.15) is 0 Å². The second-order valence-corrected chi connectivity index (χ2v) is 9.90. The quantitative estimate of drug-likeness (QED) is 0.717. The molecule has 2 aliphatic heterocycles. The molecule has 0 saturated carbocycles. The van der Waals surface area contributed by atoms with E-state index in [1.54, 1.807) is 17.5 Å². The highest BCUT2D eigenvalue weighted by Crippen LogP contribution is 2.42. The summed E-state index contributed by atoms with van der Waals surface area (Å²) in [6.45, 7) is 4.51. The van der Waals surface area contributed by atoms with Crippen LogP contribution in [0.15, 0.2) is 30.7 Å². The summed E-state index contributed by atoms with van der Waals surface area (Å²) in [5.74, 6) is 0.182. The summed E-state index contributed by atoms with van der Waals surface area (Å²) in [4.78, 5) is 24.9. The molecule has 6 nitrogen and oxygen atoms in total. The van der Waals surface area contributed by atoms with E-state index in [1.165, 1.54) is 0 Å². The molecule has 5 rings (SSSR count). The lowest BCUT2D eigenvalue weighted by molar-refractivity contribution is -0.141. The Hall–Kier alpha value is -2.25. The molecule has 2 atom stereocenters. The van der Waals surface area contributed by atoms with Crippen LogP contribution in [0.5, 0.6) is 0 Å². The smallest absolute Gasteiger partial charge is 0.228 e. The molecule has 152 valence electrons. The predicted octanol–water partition coefficient (Wildman–Crippen LogP) is 3.24. The summed E-state index contributed by atoms with van der Waals surface area (Å²) in [5, 5.41) is 13.6. The predicted molar refractivity (Wildman–Crippen MR) is 113 cm³/mol. The van der Waals surface area contributed by atoms with Crippen LogP contribution in [0.2, 0.25) is 0 Å². The van der Waals surface area contributed by atoms with E-state index in [2.05, 4.69) is 25.5 Å². The zero-order valence-corrected chi connectivity index (χ0v) is 17.7. The lowest BCUT2D eigenvalue weighted by Gasteiger charge is -2.44. The molecule has 0 spiro atoms. The van der Waals surface area contributed by atoms with Gasteiger partial charge in [-0.25, -0.2) is 4.98 Å². The molecule has 1 N–H and O–H groups in total. The van der Waals surface area contributed by atoms with Crippen molar-refractivity contribution in [3.05, 3.63) is 46.3 Å². The van der Waals surface area contributed by atoms with Crippen LogP contribution in [0.25, 0.3) is 10.9 Å². The van der Waals surface area contributed by atoms with E-state index in [1.807, 2.05) is 32.3 Å². The SMILES string of the molecule is Cc1nc(C)c(CC(=O)N2C3CCC2CC(O)(Cn2ccc4ccncc42)C3)s1. The standard InChI is InChI=1S/C22H26N4O2S/c1-14-20(29-15(2)24-14)9-21(27)26-17-3-4-18(26)11-22(28,10-17)13-25-8-6-16-5-7-23-12-19(16)25/h5-8,12,17-18,28H,3-4,9-11,13H2,1-2H3. The van der Waals surface area contributed by atoms with Gasteiger partial charge >= 0.3 is 0 Å². The van der Waals surface area contributed by atoms with Gasteiger partial charge in [-0.05, 0) is 51.7 Å². The highest BCUT2D eigenvalue weighted by Gasteiger charge is 2.49. The molecular formula is C22H26N4O2S. The summed E-state index contributed by atoms with van der Waals surface area (Å²) in [5.41, 5.74) is 1.22. The molecule has 0 aliphatic carbocycles. The summed E-state index contributed by atoms with van der Waals surface area (Å²) in [6, 6.07) is 4.30. The molecule has 0 aromatic carbocycles. The lowest BCUT2D eigenvalue weighted by Crippen LogP contribution is -2.54. The first-order valence-corrected chi connectivity index (χ1v) is 11.1. The minimum absolute atomic E-state index is 0.125. The maximum absolute atomic E-state index is 13.1. The van der Waals surface area contributed by atoms with Gasteiger partial charge in [0.05, 0.1) is 41.0 Å². The first-order chi connectivity index (χ1) is 13.9. The summed E-state index contributed by atoms with van der Waals surface area (Å²) >= 11 is 1.62. The number of rotatable bonds is 4. The van der Waals surface area contributed by atoms with Gasteiger partial charge in [-0.15, -0.1) is 11.3 Å². The van der Waals surface area contributed by atoms with Crippen LogP contribution in [0, 0.1) is 13.8 Å². The molecule has 2 aliphatic rings. The van der Waals surface area contributed by atoms with Crippen molar-refractivity contribution in [2.75, 3.05) is 0 Å². The minimum atomic E-state index is -0.790. The second-order valence-electron chi connectivity index (χ2n) is 8.61. The van der Waals surface area contributed by atoms with Crippen LogP contribution in [-0.4, -0.2) is 48.1 Å². The van der Waals surface area contributed by atoms with E-state index in [0.717, 1.165) is 39.3 Å². The van der Waals surface area contributed by atoms with Crippen molar-refractivity contribution in [2.45, 2.75) is 70.2 Å². The summed E-state index contributed by atoms with van der Waals surface area (Å²) < 4.78 is 2.10. The zero-order chi connectivity index (χ0) is 20.2. The highest BCUT2D eigenvalue weighted by molar-refractivity contribution is 7.11. The maximum Gasteiger partial charge on any atom is 0.228 e. The third kappa shape index (κ3) is 3.36. The second kappa shape index (κ2) is 6.92. The Bertz CT molecular complexity index is 1060. The van der Waals surface area contributed by atoms with E-state index in [0.29, 0.717) is 25.8 Å². The minimum Gasteiger partial charge on any atom is -0.388 e. The van der Waals surface area contributed by atoms with Crippen molar-refractivity contribution < 1.29 is 9.90 Å². The van der Waals surface area contributed by atoms with E-state index in [-0.39, 0.29) is 18.0 Å². The Labute approximate surface area is 174 Å². The van der Waals surface area contributed by atoms with Crippen LogP contribution >= 0.6 is 11.3 Å². The number of hydrogen-bond acceptors (Lipinski definition) is 5. The number of piperidine rings is 1. The van der Waals surface area contributed by atoms with Gasteiger partial charge in [-0.1, -0.05) is 0 Å². The Morgan fingerprint density at radius 3 is 2.72 bits per heavy atom. The third-order valence-corrected chi connectivity index (χ3v) is 7.56. The van der Waals surface area contributed by atoms with Crippen molar-refractivity contribution in [2.24, 2.45) is 0 Å². The van der Waals surface area contributed by atoms with Crippen molar-refractivity contribution in [1.82, 2.24) is 19.4 Å². The number of carbonyl (C=O) groups excluding carboxylic acids is 1. The van der Waals surface area contributed by atoms with Crippen molar-refractivity contribution in [3.63, 3.8) is 0 Å². The van der Waals surface area contributed by atoms with Crippen molar-refractivity contribution in [3.8, 4) is 0 Å². The molecule has 2 bridgehead atoms. The van der Waals surface area contributed by atoms with Crippen LogP contribution in [0.1, 0.15) is 41.3 Å². The van der Waals surface area contributed by atoms with Gasteiger partial charge in [0.1, 0.15) is 0 Å². The number of hydrogen-bond donors (Lipinski definition) is 1. The topological polar surface area (TPSA) is 71.2 Å². The number of aliphatic hydroxyl groups is 1. The van der Waals surface area contributed by atoms with Gasteiger partial charge in [0.15, 0.2) is 0 Å². The molecule has 3 aromatic heterocycles. The van der Waals surface area contributed by atoms with E-state index >= 15 is 0 Å². The number of aryl methyl sites for hydroxylation is 2. The van der Waals surface area contributed by atoms with Gasteiger partial charge in [0.2, 0.25) is 5.91 Å². The number of fused-ring (bicyclic) bond motifs is 3. The fourth-order valence-electron chi connectivity index (χ4n) is 5.31. The van der Waals surface area contributed by atoms with E-state index < -0.39 is 5.60 Å². The summed E-state index contributed by atoms with van der Waals surface area (Å²) in [7, 11) is 0. The first kappa shape index (κ1) is 18.8. The van der Waals surface area contributed by atoms with E-state index in [4.69, 9.17) is 0 Å². The third-order valence-electron chi connectivity index (χ3n) is 6.49. The Kier molecular flexibility index (Phi) is 4.47.